The second-order valence-electron chi connectivity index (χ2n) is 6.58. The third-order valence-corrected chi connectivity index (χ3v) is 4.87. The number of aryl methyl sites for hydroxylation is 1. The average molecular weight is 358 g/mol. The zero-order chi connectivity index (χ0) is 18.8. The second-order valence-corrected chi connectivity index (χ2v) is 6.58. The molecule has 1 amide bonds. The van der Waals surface area contributed by atoms with E-state index < -0.39 is 0 Å². The molecule has 4 nitrogen and oxygen atoms in total. The van der Waals surface area contributed by atoms with E-state index in [1.54, 1.807) is 7.11 Å². The molecule has 0 atom stereocenters. The molecule has 0 bridgehead atoms. The molecule has 0 fully saturated rings. The van der Waals surface area contributed by atoms with Crippen molar-refractivity contribution in [3.63, 3.8) is 0 Å². The van der Waals surface area contributed by atoms with E-state index in [0.717, 1.165) is 23.2 Å². The Morgan fingerprint density at radius 2 is 1.70 bits per heavy atom. The monoisotopic (exact) mass is 358 g/mol. The van der Waals surface area contributed by atoms with Crippen molar-refractivity contribution >= 4 is 33.4 Å². The molecule has 0 saturated heterocycles. The lowest BCUT2D eigenvalue weighted by atomic mass is 10.1. The maximum Gasteiger partial charge on any atom is 0.255 e. The summed E-state index contributed by atoms with van der Waals surface area (Å²) in [4.78, 5) is 12.6. The van der Waals surface area contributed by atoms with E-state index in [-0.39, 0.29) is 5.91 Å². The van der Waals surface area contributed by atoms with Gasteiger partial charge < -0.3 is 14.6 Å². The lowest BCUT2D eigenvalue weighted by Gasteiger charge is -2.07. The van der Waals surface area contributed by atoms with Crippen LogP contribution in [0.15, 0.2) is 66.7 Å². The summed E-state index contributed by atoms with van der Waals surface area (Å²) in [5, 5.41) is 5.37. The lowest BCUT2D eigenvalue weighted by Crippen LogP contribution is -2.11. The molecular weight excluding hydrogens is 336 g/mol. The standard InChI is InChI=1S/C23H22N2O2/c1-3-25-21-7-5-4-6-19(21)20-14-18(12-13-22(20)25)24-23(26)17-10-8-16(9-11-17)15-27-2/h4-14H,3,15H2,1-2H3,(H,24,26). The van der Waals surface area contributed by atoms with Gasteiger partial charge >= 0.3 is 0 Å². The predicted molar refractivity (Wildman–Crippen MR) is 110 cm³/mol. The molecule has 1 heterocycles. The molecule has 1 aromatic heterocycles. The van der Waals surface area contributed by atoms with Crippen LogP contribution >= 0.6 is 0 Å². The Morgan fingerprint density at radius 3 is 2.44 bits per heavy atom. The number of carbonyl (C=O) groups excluding carboxylic acids is 1. The van der Waals surface area contributed by atoms with Gasteiger partial charge in [0, 0.05) is 46.7 Å². The number of methoxy groups -OCH3 is 1. The molecule has 0 aliphatic rings. The molecule has 4 heteroatoms. The van der Waals surface area contributed by atoms with Crippen LogP contribution in [0.3, 0.4) is 0 Å². The fraction of sp³-hybridized carbons (Fsp3) is 0.174. The maximum absolute atomic E-state index is 12.6. The molecule has 0 aliphatic heterocycles. The minimum Gasteiger partial charge on any atom is -0.380 e. The number of carbonyl (C=O) groups is 1. The van der Waals surface area contributed by atoms with Gasteiger partial charge in [0.15, 0.2) is 0 Å². The number of rotatable bonds is 5. The molecule has 0 saturated carbocycles. The normalized spacial score (nSPS) is 11.2. The van der Waals surface area contributed by atoms with E-state index in [4.69, 9.17) is 4.74 Å². The van der Waals surface area contributed by atoms with Crippen LogP contribution in [0.2, 0.25) is 0 Å². The van der Waals surface area contributed by atoms with Gasteiger partial charge in [0.1, 0.15) is 0 Å². The van der Waals surface area contributed by atoms with Crippen molar-refractivity contribution in [2.75, 3.05) is 12.4 Å². The van der Waals surface area contributed by atoms with Crippen molar-refractivity contribution in [2.24, 2.45) is 0 Å². The molecule has 27 heavy (non-hydrogen) atoms. The zero-order valence-corrected chi connectivity index (χ0v) is 15.5. The number of fused-ring (bicyclic) bond motifs is 3. The van der Waals surface area contributed by atoms with E-state index in [1.807, 2.05) is 30.3 Å². The summed E-state index contributed by atoms with van der Waals surface area (Å²) in [6.07, 6.45) is 0. The van der Waals surface area contributed by atoms with Crippen molar-refractivity contribution < 1.29 is 9.53 Å². The van der Waals surface area contributed by atoms with Gasteiger partial charge in [-0.05, 0) is 48.9 Å². The van der Waals surface area contributed by atoms with Gasteiger partial charge in [-0.1, -0.05) is 30.3 Å². The minimum absolute atomic E-state index is 0.113. The van der Waals surface area contributed by atoms with Gasteiger partial charge in [-0.3, -0.25) is 4.79 Å². The van der Waals surface area contributed by atoms with E-state index >= 15 is 0 Å². The number of nitrogens with one attached hydrogen (secondary N) is 1. The van der Waals surface area contributed by atoms with Crippen LogP contribution in [0.1, 0.15) is 22.8 Å². The number of anilines is 1. The number of ether oxygens (including phenoxy) is 1. The molecule has 1 N–H and O–H groups in total. The SMILES string of the molecule is CCn1c2ccccc2c2cc(NC(=O)c3ccc(COC)cc3)ccc21. The van der Waals surface area contributed by atoms with E-state index in [1.165, 1.54) is 16.4 Å². The molecule has 3 aromatic carbocycles. The van der Waals surface area contributed by atoms with Crippen LogP contribution in [0, 0.1) is 0 Å². The number of aromatic nitrogens is 1. The van der Waals surface area contributed by atoms with Crippen molar-refractivity contribution in [1.82, 2.24) is 4.57 Å². The highest BCUT2D eigenvalue weighted by atomic mass is 16.5. The first-order valence-electron chi connectivity index (χ1n) is 9.11. The molecule has 0 aliphatic carbocycles. The van der Waals surface area contributed by atoms with Crippen molar-refractivity contribution in [2.45, 2.75) is 20.1 Å². The topological polar surface area (TPSA) is 43.3 Å². The quantitative estimate of drug-likeness (QED) is 0.532. The summed E-state index contributed by atoms with van der Waals surface area (Å²) < 4.78 is 7.40. The second kappa shape index (κ2) is 7.25. The van der Waals surface area contributed by atoms with Crippen molar-refractivity contribution in [3.05, 3.63) is 77.9 Å². The molecule has 0 unspecified atom stereocenters. The van der Waals surface area contributed by atoms with Gasteiger partial charge in [0.25, 0.3) is 5.91 Å². The van der Waals surface area contributed by atoms with Gasteiger partial charge in [0.2, 0.25) is 0 Å². The Balaban J connectivity index is 1.66. The number of benzene rings is 3. The van der Waals surface area contributed by atoms with Crippen LogP contribution in [0.4, 0.5) is 5.69 Å². The zero-order valence-electron chi connectivity index (χ0n) is 15.5. The summed E-state index contributed by atoms with van der Waals surface area (Å²) in [5.41, 5.74) is 4.87. The Morgan fingerprint density at radius 1 is 0.963 bits per heavy atom. The van der Waals surface area contributed by atoms with E-state index in [2.05, 4.69) is 53.2 Å². The highest BCUT2D eigenvalue weighted by Crippen LogP contribution is 2.31. The van der Waals surface area contributed by atoms with Crippen LogP contribution in [0.5, 0.6) is 0 Å². The van der Waals surface area contributed by atoms with Crippen LogP contribution in [-0.2, 0) is 17.9 Å². The summed E-state index contributed by atoms with van der Waals surface area (Å²) >= 11 is 0. The van der Waals surface area contributed by atoms with Crippen LogP contribution in [0.25, 0.3) is 21.8 Å². The highest BCUT2D eigenvalue weighted by molar-refractivity contribution is 6.11. The van der Waals surface area contributed by atoms with E-state index in [0.29, 0.717) is 12.2 Å². The summed E-state index contributed by atoms with van der Waals surface area (Å²) in [7, 11) is 1.66. The Kier molecular flexibility index (Phi) is 4.65. The number of hydrogen-bond acceptors (Lipinski definition) is 2. The predicted octanol–water partition coefficient (Wildman–Crippen LogP) is 5.21. The first-order valence-corrected chi connectivity index (χ1v) is 9.11. The summed E-state index contributed by atoms with van der Waals surface area (Å²) in [5.74, 6) is -0.113. The number of hydrogen-bond donors (Lipinski definition) is 1. The van der Waals surface area contributed by atoms with Gasteiger partial charge in [0.05, 0.1) is 6.61 Å². The minimum atomic E-state index is -0.113. The molecule has 0 radical (unpaired) electrons. The first kappa shape index (κ1) is 17.3. The number of amides is 1. The largest absolute Gasteiger partial charge is 0.380 e. The third kappa shape index (κ3) is 3.20. The Bertz CT molecular complexity index is 1110. The number of para-hydroxylation sites is 1. The van der Waals surface area contributed by atoms with Crippen molar-refractivity contribution in [3.8, 4) is 0 Å². The maximum atomic E-state index is 12.6. The Labute approximate surface area is 158 Å². The lowest BCUT2D eigenvalue weighted by molar-refractivity contribution is 0.102. The summed E-state index contributed by atoms with van der Waals surface area (Å²) in [6.45, 7) is 3.60. The fourth-order valence-electron chi connectivity index (χ4n) is 3.59. The van der Waals surface area contributed by atoms with Gasteiger partial charge in [-0.25, -0.2) is 0 Å². The van der Waals surface area contributed by atoms with E-state index in [9.17, 15) is 4.79 Å². The fourth-order valence-corrected chi connectivity index (χ4v) is 3.59. The molecule has 0 spiro atoms. The smallest absolute Gasteiger partial charge is 0.255 e. The summed E-state index contributed by atoms with van der Waals surface area (Å²) in [6, 6.07) is 21.9. The highest BCUT2D eigenvalue weighted by Gasteiger charge is 2.11. The molecule has 136 valence electrons. The molecule has 4 aromatic rings. The molecular formula is C23H22N2O2. The van der Waals surface area contributed by atoms with Gasteiger partial charge in [-0.2, -0.15) is 0 Å². The van der Waals surface area contributed by atoms with Crippen LogP contribution < -0.4 is 5.32 Å². The first-order chi connectivity index (χ1) is 13.2. The van der Waals surface area contributed by atoms with Gasteiger partial charge in [-0.15, -0.1) is 0 Å². The molecule has 4 rings (SSSR count). The number of nitrogens with zero attached hydrogens (tertiary/aromatic N) is 1. The Hall–Kier alpha value is -3.11. The average Bonchev–Trinajstić information content (AvgIpc) is 3.02. The van der Waals surface area contributed by atoms with Crippen molar-refractivity contribution in [1.29, 1.82) is 0 Å². The van der Waals surface area contributed by atoms with Crippen LogP contribution in [-0.4, -0.2) is 17.6 Å². The third-order valence-electron chi connectivity index (χ3n) is 4.87.